The lowest BCUT2D eigenvalue weighted by Gasteiger charge is -2.27. The Morgan fingerprint density at radius 3 is 2.72 bits per heavy atom. The monoisotopic (exact) mass is 248 g/mol. The lowest BCUT2D eigenvalue weighted by Crippen LogP contribution is -2.29. The molecule has 18 heavy (non-hydrogen) atoms. The second-order valence-electron chi connectivity index (χ2n) is 5.72. The molecule has 2 rings (SSSR count). The molecular formula is C15H24N2O. The highest BCUT2D eigenvalue weighted by atomic mass is 16.3. The van der Waals surface area contributed by atoms with Gasteiger partial charge in [0, 0.05) is 35.7 Å². The molecule has 1 saturated carbocycles. The van der Waals surface area contributed by atoms with Crippen molar-refractivity contribution >= 4 is 5.69 Å². The molecule has 0 saturated heterocycles. The summed E-state index contributed by atoms with van der Waals surface area (Å²) in [5.74, 6) is 0.715. The van der Waals surface area contributed by atoms with E-state index in [2.05, 4.69) is 29.8 Å². The maximum atomic E-state index is 9.47. The third-order valence-electron chi connectivity index (χ3n) is 3.51. The van der Waals surface area contributed by atoms with Crippen LogP contribution in [0.5, 0.6) is 0 Å². The largest absolute Gasteiger partial charge is 0.392 e. The third-order valence-corrected chi connectivity index (χ3v) is 3.51. The first-order chi connectivity index (χ1) is 8.61. The van der Waals surface area contributed by atoms with E-state index in [0.29, 0.717) is 12.0 Å². The lowest BCUT2D eigenvalue weighted by atomic mass is 10.1. The summed E-state index contributed by atoms with van der Waals surface area (Å²) in [7, 11) is 0. The van der Waals surface area contributed by atoms with Crippen molar-refractivity contribution in [2.75, 3.05) is 11.4 Å². The van der Waals surface area contributed by atoms with Crippen LogP contribution >= 0.6 is 0 Å². The second-order valence-corrected chi connectivity index (χ2v) is 5.72. The van der Waals surface area contributed by atoms with Gasteiger partial charge in [-0.05, 0) is 38.2 Å². The van der Waals surface area contributed by atoms with Crippen molar-refractivity contribution in [2.45, 2.75) is 52.7 Å². The van der Waals surface area contributed by atoms with Crippen LogP contribution in [0.15, 0.2) is 12.3 Å². The first-order valence-electron chi connectivity index (χ1n) is 6.95. The van der Waals surface area contributed by atoms with Crippen molar-refractivity contribution in [1.82, 2.24) is 4.98 Å². The van der Waals surface area contributed by atoms with E-state index < -0.39 is 0 Å². The molecule has 1 fully saturated rings. The number of hydrogen-bond donors (Lipinski definition) is 1. The summed E-state index contributed by atoms with van der Waals surface area (Å²) in [6.45, 7) is 7.69. The Balaban J connectivity index is 2.21. The van der Waals surface area contributed by atoms with Crippen LogP contribution in [0.1, 0.15) is 44.4 Å². The van der Waals surface area contributed by atoms with Crippen LogP contribution in [-0.4, -0.2) is 22.7 Å². The lowest BCUT2D eigenvalue weighted by molar-refractivity contribution is 0.281. The minimum absolute atomic E-state index is 0.0769. The highest BCUT2D eigenvalue weighted by molar-refractivity contribution is 5.55. The number of aryl methyl sites for hydroxylation is 1. The van der Waals surface area contributed by atoms with Crippen LogP contribution < -0.4 is 4.90 Å². The molecule has 0 aliphatic heterocycles. The molecule has 1 aliphatic carbocycles. The summed E-state index contributed by atoms with van der Waals surface area (Å²) < 4.78 is 0. The van der Waals surface area contributed by atoms with E-state index in [9.17, 15) is 5.11 Å². The molecule has 0 bridgehead atoms. The summed E-state index contributed by atoms with van der Waals surface area (Å²) in [5.41, 5.74) is 3.17. The number of nitrogens with zero attached hydrogens (tertiary/aromatic N) is 2. The molecule has 1 aromatic heterocycles. The molecule has 0 radical (unpaired) electrons. The zero-order chi connectivity index (χ0) is 13.1. The van der Waals surface area contributed by atoms with Gasteiger partial charge in [0.25, 0.3) is 0 Å². The van der Waals surface area contributed by atoms with E-state index in [1.807, 2.05) is 13.1 Å². The van der Waals surface area contributed by atoms with Gasteiger partial charge >= 0.3 is 0 Å². The van der Waals surface area contributed by atoms with Gasteiger partial charge in [0.2, 0.25) is 0 Å². The van der Waals surface area contributed by atoms with Crippen LogP contribution in [0, 0.1) is 12.8 Å². The van der Waals surface area contributed by atoms with E-state index in [1.54, 1.807) is 0 Å². The summed E-state index contributed by atoms with van der Waals surface area (Å²) >= 11 is 0. The Labute approximate surface area is 110 Å². The minimum Gasteiger partial charge on any atom is -0.392 e. The van der Waals surface area contributed by atoms with Gasteiger partial charge in [-0.3, -0.25) is 4.98 Å². The number of hydrogen-bond acceptors (Lipinski definition) is 3. The van der Waals surface area contributed by atoms with Crippen LogP contribution in [-0.2, 0) is 6.61 Å². The van der Waals surface area contributed by atoms with E-state index in [-0.39, 0.29) is 6.61 Å². The van der Waals surface area contributed by atoms with Crippen LogP contribution in [0.3, 0.4) is 0 Å². The van der Waals surface area contributed by atoms with Gasteiger partial charge in [0.05, 0.1) is 6.61 Å². The molecule has 0 atom stereocenters. The average Bonchev–Trinajstić information content (AvgIpc) is 3.14. The normalized spacial score (nSPS) is 15.2. The molecule has 0 aromatic carbocycles. The molecular weight excluding hydrogens is 224 g/mol. The average molecular weight is 248 g/mol. The molecule has 1 aliphatic rings. The highest BCUT2D eigenvalue weighted by Crippen LogP contribution is 2.34. The van der Waals surface area contributed by atoms with Crippen molar-refractivity contribution in [2.24, 2.45) is 5.92 Å². The smallest absolute Gasteiger partial charge is 0.0717 e. The fraction of sp³-hybridized carbons (Fsp3) is 0.667. The number of anilines is 1. The van der Waals surface area contributed by atoms with Crippen molar-refractivity contribution in [3.05, 3.63) is 23.5 Å². The summed E-state index contributed by atoms with van der Waals surface area (Å²) in [4.78, 5) is 6.75. The molecule has 100 valence electrons. The fourth-order valence-electron chi connectivity index (χ4n) is 2.25. The Morgan fingerprint density at radius 2 is 2.17 bits per heavy atom. The first kappa shape index (κ1) is 13.3. The standard InChI is InChI=1S/C15H24N2O/c1-11(2)6-7-17(14-4-5-14)15-8-12(3)16-9-13(15)10-18/h8-9,11,14,18H,4-7,10H2,1-3H3. The van der Waals surface area contributed by atoms with Gasteiger partial charge in [-0.2, -0.15) is 0 Å². The molecule has 1 aromatic rings. The number of aliphatic hydroxyl groups is 1. The summed E-state index contributed by atoms with van der Waals surface area (Å²) in [6, 6.07) is 2.79. The molecule has 1 N–H and O–H groups in total. The van der Waals surface area contributed by atoms with Gasteiger partial charge in [0.1, 0.15) is 0 Å². The van der Waals surface area contributed by atoms with Gasteiger partial charge < -0.3 is 10.0 Å². The van der Waals surface area contributed by atoms with Crippen molar-refractivity contribution in [3.8, 4) is 0 Å². The fourth-order valence-corrected chi connectivity index (χ4v) is 2.25. The Morgan fingerprint density at radius 1 is 1.44 bits per heavy atom. The minimum atomic E-state index is 0.0769. The zero-order valence-electron chi connectivity index (χ0n) is 11.7. The third kappa shape index (κ3) is 3.22. The number of aliphatic hydroxyl groups excluding tert-OH is 1. The van der Waals surface area contributed by atoms with Gasteiger partial charge in [-0.25, -0.2) is 0 Å². The number of pyridine rings is 1. The quantitative estimate of drug-likeness (QED) is 0.841. The van der Waals surface area contributed by atoms with Gasteiger partial charge in [-0.15, -0.1) is 0 Å². The van der Waals surface area contributed by atoms with Crippen molar-refractivity contribution in [3.63, 3.8) is 0 Å². The zero-order valence-corrected chi connectivity index (χ0v) is 11.7. The Kier molecular flexibility index (Phi) is 4.23. The van der Waals surface area contributed by atoms with E-state index >= 15 is 0 Å². The van der Waals surface area contributed by atoms with Crippen LogP contribution in [0.25, 0.3) is 0 Å². The van der Waals surface area contributed by atoms with Gasteiger partial charge in [-0.1, -0.05) is 13.8 Å². The van der Waals surface area contributed by atoms with Crippen molar-refractivity contribution < 1.29 is 5.11 Å². The maximum absolute atomic E-state index is 9.47. The van der Waals surface area contributed by atoms with Crippen molar-refractivity contribution in [1.29, 1.82) is 0 Å². The number of rotatable bonds is 6. The maximum Gasteiger partial charge on any atom is 0.0717 e. The van der Waals surface area contributed by atoms with Crippen LogP contribution in [0.4, 0.5) is 5.69 Å². The molecule has 1 heterocycles. The molecule has 0 unspecified atom stereocenters. The first-order valence-corrected chi connectivity index (χ1v) is 6.95. The molecule has 3 heteroatoms. The SMILES string of the molecule is Cc1cc(N(CCC(C)C)C2CC2)c(CO)cn1. The summed E-state index contributed by atoms with van der Waals surface area (Å²) in [5, 5.41) is 9.47. The Hall–Kier alpha value is -1.09. The van der Waals surface area contributed by atoms with Gasteiger partial charge in [0.15, 0.2) is 0 Å². The van der Waals surface area contributed by atoms with Crippen LogP contribution in [0.2, 0.25) is 0 Å². The second kappa shape index (κ2) is 5.70. The Bertz CT molecular complexity index is 399. The highest BCUT2D eigenvalue weighted by Gasteiger charge is 2.30. The molecule has 3 nitrogen and oxygen atoms in total. The topological polar surface area (TPSA) is 36.4 Å². The predicted octanol–water partition coefficient (Wildman–Crippen LogP) is 2.90. The summed E-state index contributed by atoms with van der Waals surface area (Å²) in [6.07, 6.45) is 5.58. The molecule has 0 spiro atoms. The predicted molar refractivity (Wildman–Crippen MR) is 74.7 cm³/mol. The molecule has 0 amide bonds. The number of aromatic nitrogens is 1. The van der Waals surface area contributed by atoms with E-state index in [4.69, 9.17) is 0 Å². The van der Waals surface area contributed by atoms with E-state index in [1.165, 1.54) is 24.9 Å². The van der Waals surface area contributed by atoms with E-state index in [0.717, 1.165) is 17.8 Å².